The molecule has 0 unspecified atom stereocenters. The average molecular weight is 263 g/mol. The van der Waals surface area contributed by atoms with E-state index in [9.17, 15) is 13.6 Å². The standard InChI is InChI=1S/C11H7F2N5O/c1-6(19)16-11-8(12)2-3-9(10(11)13)18-17-7(4-14)5-15/h2-3,18H,1H3,(H,16,19). The predicted octanol–water partition coefficient (Wildman–Crippen LogP) is 1.74. The van der Waals surface area contributed by atoms with E-state index in [0.29, 0.717) is 0 Å². The molecule has 8 heteroatoms. The first-order valence-corrected chi connectivity index (χ1v) is 4.89. The zero-order valence-electron chi connectivity index (χ0n) is 9.66. The number of nitrogens with one attached hydrogen (secondary N) is 2. The van der Waals surface area contributed by atoms with Gasteiger partial charge in [0.05, 0.1) is 5.69 Å². The molecule has 0 aromatic heterocycles. The van der Waals surface area contributed by atoms with E-state index in [0.717, 1.165) is 19.1 Å². The number of halogens is 2. The summed E-state index contributed by atoms with van der Waals surface area (Å²) >= 11 is 0. The maximum absolute atomic E-state index is 13.8. The lowest BCUT2D eigenvalue weighted by Crippen LogP contribution is -2.10. The smallest absolute Gasteiger partial charge is 0.237 e. The largest absolute Gasteiger partial charge is 0.321 e. The summed E-state index contributed by atoms with van der Waals surface area (Å²) in [5, 5.41) is 22.2. The molecule has 1 rings (SSSR count). The molecular formula is C11H7F2N5O. The van der Waals surface area contributed by atoms with E-state index < -0.39 is 28.9 Å². The lowest BCUT2D eigenvalue weighted by Gasteiger charge is -2.09. The van der Waals surface area contributed by atoms with Gasteiger partial charge in [0.15, 0.2) is 5.82 Å². The first-order chi connectivity index (χ1) is 8.99. The quantitative estimate of drug-likeness (QED) is 0.640. The van der Waals surface area contributed by atoms with E-state index in [-0.39, 0.29) is 5.69 Å². The molecule has 96 valence electrons. The summed E-state index contributed by atoms with van der Waals surface area (Å²) in [5.41, 5.74) is 0.662. The monoisotopic (exact) mass is 263 g/mol. The van der Waals surface area contributed by atoms with Crippen LogP contribution < -0.4 is 10.7 Å². The Morgan fingerprint density at radius 3 is 2.47 bits per heavy atom. The summed E-state index contributed by atoms with van der Waals surface area (Å²) in [4.78, 5) is 10.8. The topological polar surface area (TPSA) is 101 Å². The van der Waals surface area contributed by atoms with E-state index in [1.54, 1.807) is 0 Å². The van der Waals surface area contributed by atoms with Crippen molar-refractivity contribution in [1.29, 1.82) is 10.5 Å². The van der Waals surface area contributed by atoms with E-state index >= 15 is 0 Å². The number of nitriles is 2. The summed E-state index contributed by atoms with van der Waals surface area (Å²) in [5.74, 6) is -2.69. The van der Waals surface area contributed by atoms with Gasteiger partial charge >= 0.3 is 0 Å². The minimum Gasteiger partial charge on any atom is -0.321 e. The maximum Gasteiger partial charge on any atom is 0.237 e. The molecule has 0 atom stereocenters. The Kier molecular flexibility index (Phi) is 4.50. The summed E-state index contributed by atoms with van der Waals surface area (Å²) < 4.78 is 27.1. The van der Waals surface area contributed by atoms with Crippen LogP contribution in [0.25, 0.3) is 0 Å². The summed E-state index contributed by atoms with van der Waals surface area (Å²) in [6.07, 6.45) is 0. The van der Waals surface area contributed by atoms with Gasteiger partial charge in [-0.15, -0.1) is 0 Å². The van der Waals surface area contributed by atoms with Crippen molar-refractivity contribution in [3.05, 3.63) is 23.8 Å². The second kappa shape index (κ2) is 6.07. The number of hydrogen-bond acceptors (Lipinski definition) is 5. The molecule has 0 radical (unpaired) electrons. The van der Waals surface area contributed by atoms with Crippen molar-refractivity contribution >= 4 is 23.0 Å². The molecule has 2 N–H and O–H groups in total. The van der Waals surface area contributed by atoms with Crippen molar-refractivity contribution in [2.75, 3.05) is 10.7 Å². The van der Waals surface area contributed by atoms with Crippen LogP contribution in [-0.2, 0) is 4.79 Å². The fourth-order valence-electron chi connectivity index (χ4n) is 1.12. The molecule has 0 bridgehead atoms. The first-order valence-electron chi connectivity index (χ1n) is 4.89. The molecule has 0 fully saturated rings. The van der Waals surface area contributed by atoms with Crippen LogP contribution in [0.4, 0.5) is 20.2 Å². The van der Waals surface area contributed by atoms with Crippen LogP contribution in [0.1, 0.15) is 6.92 Å². The van der Waals surface area contributed by atoms with Crippen molar-refractivity contribution in [1.82, 2.24) is 0 Å². The molecule has 0 spiro atoms. The van der Waals surface area contributed by atoms with Crippen LogP contribution in [0, 0.1) is 34.3 Å². The van der Waals surface area contributed by atoms with Crippen LogP contribution in [0.15, 0.2) is 17.2 Å². The van der Waals surface area contributed by atoms with Crippen LogP contribution >= 0.6 is 0 Å². The van der Waals surface area contributed by atoms with Crippen molar-refractivity contribution in [3.63, 3.8) is 0 Å². The lowest BCUT2D eigenvalue weighted by atomic mass is 10.2. The molecule has 6 nitrogen and oxygen atoms in total. The Labute approximate surface area is 106 Å². The van der Waals surface area contributed by atoms with Crippen LogP contribution in [0.2, 0.25) is 0 Å². The molecule has 19 heavy (non-hydrogen) atoms. The van der Waals surface area contributed by atoms with Gasteiger partial charge in [0.25, 0.3) is 0 Å². The molecular weight excluding hydrogens is 256 g/mol. The highest BCUT2D eigenvalue weighted by molar-refractivity contribution is 6.10. The van der Waals surface area contributed by atoms with Gasteiger partial charge < -0.3 is 5.32 Å². The highest BCUT2D eigenvalue weighted by Crippen LogP contribution is 2.25. The molecule has 1 aromatic rings. The summed E-state index contributed by atoms with van der Waals surface area (Å²) in [7, 11) is 0. The SMILES string of the molecule is CC(=O)Nc1c(F)ccc(NN=C(C#N)C#N)c1F. The fourth-order valence-corrected chi connectivity index (χ4v) is 1.12. The van der Waals surface area contributed by atoms with Crippen molar-refractivity contribution in [2.45, 2.75) is 6.92 Å². The van der Waals surface area contributed by atoms with Gasteiger partial charge in [0, 0.05) is 6.92 Å². The van der Waals surface area contributed by atoms with Gasteiger partial charge in [0.2, 0.25) is 11.6 Å². The Hall–Kier alpha value is -3.00. The number of carbonyl (C=O) groups excluding carboxylic acids is 1. The number of rotatable bonds is 3. The minimum atomic E-state index is -1.09. The minimum absolute atomic E-state index is 0.284. The number of hydrazone groups is 1. The number of hydrogen-bond donors (Lipinski definition) is 2. The lowest BCUT2D eigenvalue weighted by molar-refractivity contribution is -0.114. The van der Waals surface area contributed by atoms with Gasteiger partial charge in [-0.25, -0.2) is 8.78 Å². The normalized spacial score (nSPS) is 8.89. The van der Waals surface area contributed by atoms with Crippen LogP contribution in [-0.4, -0.2) is 11.6 Å². The molecule has 1 aromatic carbocycles. The van der Waals surface area contributed by atoms with Gasteiger partial charge in [-0.05, 0) is 12.1 Å². The molecule has 0 aliphatic rings. The Morgan fingerprint density at radius 1 is 1.32 bits per heavy atom. The van der Waals surface area contributed by atoms with Crippen molar-refractivity contribution in [3.8, 4) is 12.1 Å². The molecule has 0 heterocycles. The molecule has 0 saturated carbocycles. The third-order valence-corrected chi connectivity index (χ3v) is 1.89. The van der Waals surface area contributed by atoms with E-state index in [1.807, 2.05) is 5.32 Å². The molecule has 0 aliphatic heterocycles. The highest BCUT2D eigenvalue weighted by Gasteiger charge is 2.14. The average Bonchev–Trinajstić information content (AvgIpc) is 2.37. The van der Waals surface area contributed by atoms with Gasteiger partial charge in [0.1, 0.15) is 23.6 Å². The van der Waals surface area contributed by atoms with Crippen molar-refractivity contribution in [2.24, 2.45) is 5.10 Å². The first kappa shape index (κ1) is 14.1. The van der Waals surface area contributed by atoms with Crippen LogP contribution in [0.3, 0.4) is 0 Å². The second-order valence-corrected chi connectivity index (χ2v) is 3.26. The van der Waals surface area contributed by atoms with Crippen LogP contribution in [0.5, 0.6) is 0 Å². The zero-order valence-corrected chi connectivity index (χ0v) is 9.66. The number of anilines is 2. The summed E-state index contributed by atoms with van der Waals surface area (Å²) in [6.45, 7) is 1.10. The molecule has 0 aliphatic carbocycles. The highest BCUT2D eigenvalue weighted by atomic mass is 19.1. The van der Waals surface area contributed by atoms with E-state index in [4.69, 9.17) is 10.5 Å². The zero-order chi connectivity index (χ0) is 14.4. The third kappa shape index (κ3) is 3.48. The Balaban J connectivity index is 3.12. The predicted molar refractivity (Wildman–Crippen MR) is 62.9 cm³/mol. The van der Waals surface area contributed by atoms with Gasteiger partial charge in [-0.1, -0.05) is 0 Å². The fraction of sp³-hybridized carbons (Fsp3) is 0.0909. The Morgan fingerprint density at radius 2 is 1.95 bits per heavy atom. The van der Waals surface area contributed by atoms with Gasteiger partial charge in [-0.3, -0.25) is 10.2 Å². The van der Waals surface area contributed by atoms with Gasteiger partial charge in [-0.2, -0.15) is 15.6 Å². The molecule has 1 amide bonds. The van der Waals surface area contributed by atoms with E-state index in [2.05, 4.69) is 10.5 Å². The number of nitrogens with zero attached hydrogens (tertiary/aromatic N) is 3. The number of carbonyl (C=O) groups is 1. The third-order valence-electron chi connectivity index (χ3n) is 1.89. The summed E-state index contributed by atoms with van der Waals surface area (Å²) in [6, 6.07) is 4.85. The van der Waals surface area contributed by atoms with E-state index in [1.165, 1.54) is 12.1 Å². The number of benzene rings is 1. The maximum atomic E-state index is 13.8. The second-order valence-electron chi connectivity index (χ2n) is 3.26. The molecule has 0 saturated heterocycles. The Bertz CT molecular complexity index is 611. The number of amides is 1. The van der Waals surface area contributed by atoms with Crippen molar-refractivity contribution < 1.29 is 13.6 Å².